The monoisotopic (exact) mass is 407 g/mol. The molecule has 3 aromatic rings. The van der Waals surface area contributed by atoms with Gasteiger partial charge in [-0.25, -0.2) is 4.98 Å². The van der Waals surface area contributed by atoms with Crippen LogP contribution in [0.1, 0.15) is 25.6 Å². The van der Waals surface area contributed by atoms with Gasteiger partial charge in [-0.2, -0.15) is 0 Å². The smallest absolute Gasteiger partial charge is 0.243 e. The van der Waals surface area contributed by atoms with Crippen LogP contribution in [0.3, 0.4) is 0 Å². The molecule has 0 aliphatic rings. The topological polar surface area (TPSA) is 65.4 Å². The van der Waals surface area contributed by atoms with Gasteiger partial charge < -0.3 is 19.4 Å². The lowest BCUT2D eigenvalue weighted by Crippen LogP contribution is -2.24. The number of nitrogens with zero attached hydrogens (tertiary/aromatic N) is 2. The second-order valence-corrected chi connectivity index (χ2v) is 6.94. The van der Waals surface area contributed by atoms with Crippen LogP contribution < -0.4 is 14.8 Å². The van der Waals surface area contributed by atoms with Crippen molar-refractivity contribution in [3.8, 4) is 11.5 Å². The predicted molar refractivity (Wildman–Crippen MR) is 119 cm³/mol. The largest absolute Gasteiger partial charge is 0.497 e. The molecule has 158 valence electrons. The zero-order chi connectivity index (χ0) is 21.2. The number of amides is 1. The first-order chi connectivity index (χ1) is 14.7. The minimum atomic E-state index is -0.0733. The number of carbonyl (C=O) groups excluding carboxylic acids is 1. The fourth-order valence-corrected chi connectivity index (χ4v) is 3.31. The van der Waals surface area contributed by atoms with Crippen molar-refractivity contribution in [2.75, 3.05) is 20.3 Å². The average Bonchev–Trinajstić information content (AvgIpc) is 3.11. The van der Waals surface area contributed by atoms with E-state index in [2.05, 4.69) is 16.0 Å². The number of nitrogens with one attached hydrogen (secondary N) is 1. The molecule has 2 aromatic carbocycles. The molecule has 0 bridgehead atoms. The van der Waals surface area contributed by atoms with Crippen molar-refractivity contribution in [2.24, 2.45) is 0 Å². The van der Waals surface area contributed by atoms with Gasteiger partial charge in [0.1, 0.15) is 17.3 Å². The third kappa shape index (κ3) is 5.86. The Labute approximate surface area is 177 Å². The summed E-state index contributed by atoms with van der Waals surface area (Å²) >= 11 is 0. The summed E-state index contributed by atoms with van der Waals surface area (Å²) in [7, 11) is 1.65. The highest BCUT2D eigenvalue weighted by atomic mass is 16.5. The van der Waals surface area contributed by atoms with Gasteiger partial charge in [0.05, 0.1) is 24.8 Å². The van der Waals surface area contributed by atoms with Gasteiger partial charge in [0.2, 0.25) is 5.91 Å². The second-order valence-electron chi connectivity index (χ2n) is 6.94. The number of rotatable bonds is 11. The Morgan fingerprint density at radius 1 is 1.10 bits per heavy atom. The van der Waals surface area contributed by atoms with Crippen molar-refractivity contribution in [3.05, 3.63) is 66.5 Å². The van der Waals surface area contributed by atoms with E-state index in [-0.39, 0.29) is 5.91 Å². The SMILES string of the molecule is C/C=C/C(=O)NCCc1nc2ccccc2n1CCCCOc1ccc(OC)cc1. The first-order valence-corrected chi connectivity index (χ1v) is 10.3. The van der Waals surface area contributed by atoms with Crippen LogP contribution in [0, 0.1) is 0 Å². The molecule has 0 atom stereocenters. The molecule has 1 amide bonds. The molecular weight excluding hydrogens is 378 g/mol. The number of unbranched alkanes of at least 4 members (excludes halogenated alkanes) is 1. The fourth-order valence-electron chi connectivity index (χ4n) is 3.31. The molecule has 0 radical (unpaired) electrons. The van der Waals surface area contributed by atoms with Crippen LogP contribution in [-0.2, 0) is 17.8 Å². The lowest BCUT2D eigenvalue weighted by atomic mass is 10.2. The lowest BCUT2D eigenvalue weighted by molar-refractivity contribution is -0.116. The number of fused-ring (bicyclic) bond motifs is 1. The van der Waals surface area contributed by atoms with Crippen molar-refractivity contribution in [1.29, 1.82) is 0 Å². The Morgan fingerprint density at radius 2 is 1.87 bits per heavy atom. The number of para-hydroxylation sites is 2. The third-order valence-corrected chi connectivity index (χ3v) is 4.80. The third-order valence-electron chi connectivity index (χ3n) is 4.80. The van der Waals surface area contributed by atoms with E-state index in [0.29, 0.717) is 19.6 Å². The fraction of sp³-hybridized carbons (Fsp3) is 0.333. The van der Waals surface area contributed by atoms with Crippen LogP contribution in [-0.4, -0.2) is 35.7 Å². The van der Waals surface area contributed by atoms with Crippen LogP contribution in [0.15, 0.2) is 60.7 Å². The van der Waals surface area contributed by atoms with Gasteiger partial charge in [0.25, 0.3) is 0 Å². The van der Waals surface area contributed by atoms with E-state index in [4.69, 9.17) is 14.5 Å². The van der Waals surface area contributed by atoms with Gasteiger partial charge in [0.15, 0.2) is 0 Å². The molecule has 0 spiro atoms. The number of carbonyl (C=O) groups is 1. The molecule has 0 unspecified atom stereocenters. The summed E-state index contributed by atoms with van der Waals surface area (Å²) in [5.74, 6) is 2.59. The zero-order valence-electron chi connectivity index (χ0n) is 17.6. The molecule has 6 heteroatoms. The highest BCUT2D eigenvalue weighted by Gasteiger charge is 2.10. The van der Waals surface area contributed by atoms with Crippen LogP contribution in [0.5, 0.6) is 11.5 Å². The minimum absolute atomic E-state index is 0.0733. The van der Waals surface area contributed by atoms with Gasteiger partial charge in [-0.3, -0.25) is 4.79 Å². The number of hydrogen-bond acceptors (Lipinski definition) is 4. The van der Waals surface area contributed by atoms with E-state index in [1.807, 2.05) is 49.4 Å². The number of hydrogen-bond donors (Lipinski definition) is 1. The summed E-state index contributed by atoms with van der Waals surface area (Å²) in [5, 5.41) is 2.90. The van der Waals surface area contributed by atoms with Gasteiger partial charge >= 0.3 is 0 Å². The molecule has 0 saturated carbocycles. The maximum atomic E-state index is 11.6. The van der Waals surface area contributed by atoms with E-state index in [1.54, 1.807) is 13.2 Å². The molecule has 0 saturated heterocycles. The van der Waals surface area contributed by atoms with Gasteiger partial charge in [-0.15, -0.1) is 0 Å². The minimum Gasteiger partial charge on any atom is -0.497 e. The molecule has 30 heavy (non-hydrogen) atoms. The molecule has 1 N–H and O–H groups in total. The number of aromatic nitrogens is 2. The number of benzene rings is 2. The molecule has 0 aliphatic heterocycles. The number of methoxy groups -OCH3 is 1. The summed E-state index contributed by atoms with van der Waals surface area (Å²) in [4.78, 5) is 16.4. The Bertz CT molecular complexity index is 977. The molecule has 1 heterocycles. The van der Waals surface area contributed by atoms with Crippen molar-refractivity contribution < 1.29 is 14.3 Å². The normalized spacial score (nSPS) is 11.1. The molecule has 0 fully saturated rings. The number of ether oxygens (including phenoxy) is 2. The maximum Gasteiger partial charge on any atom is 0.243 e. The summed E-state index contributed by atoms with van der Waals surface area (Å²) < 4.78 is 13.2. The molecular formula is C24H29N3O3. The van der Waals surface area contributed by atoms with Crippen molar-refractivity contribution in [1.82, 2.24) is 14.9 Å². The highest BCUT2D eigenvalue weighted by Crippen LogP contribution is 2.19. The van der Waals surface area contributed by atoms with Crippen molar-refractivity contribution >= 4 is 16.9 Å². The van der Waals surface area contributed by atoms with E-state index in [0.717, 1.165) is 47.7 Å². The van der Waals surface area contributed by atoms with Gasteiger partial charge in [0, 0.05) is 19.5 Å². The van der Waals surface area contributed by atoms with Crippen molar-refractivity contribution in [2.45, 2.75) is 32.7 Å². The first kappa shape index (κ1) is 21.4. The molecule has 3 rings (SSSR count). The summed E-state index contributed by atoms with van der Waals surface area (Å²) in [5.41, 5.74) is 2.12. The highest BCUT2D eigenvalue weighted by molar-refractivity contribution is 5.87. The summed E-state index contributed by atoms with van der Waals surface area (Å²) in [6.07, 6.45) is 5.88. The van der Waals surface area contributed by atoms with E-state index >= 15 is 0 Å². The second kappa shape index (κ2) is 11.0. The van der Waals surface area contributed by atoms with Crippen LogP contribution >= 0.6 is 0 Å². The Balaban J connectivity index is 1.53. The first-order valence-electron chi connectivity index (χ1n) is 10.3. The van der Waals surface area contributed by atoms with E-state index in [1.165, 1.54) is 6.08 Å². The lowest BCUT2D eigenvalue weighted by Gasteiger charge is -2.11. The Kier molecular flexibility index (Phi) is 7.89. The summed E-state index contributed by atoms with van der Waals surface area (Å²) in [6, 6.07) is 15.8. The van der Waals surface area contributed by atoms with Crippen LogP contribution in [0.2, 0.25) is 0 Å². The quantitative estimate of drug-likeness (QED) is 0.383. The standard InChI is InChI=1S/C24H29N3O3/c1-3-8-24(28)25-16-15-23-26-21-9-4-5-10-22(21)27(23)17-6-7-18-30-20-13-11-19(29-2)12-14-20/h3-5,8-14H,6-7,15-18H2,1-2H3,(H,25,28)/b8-3+. The summed E-state index contributed by atoms with van der Waals surface area (Å²) in [6.45, 7) is 3.92. The number of aryl methyl sites for hydroxylation is 1. The van der Waals surface area contributed by atoms with E-state index in [9.17, 15) is 4.79 Å². The van der Waals surface area contributed by atoms with Gasteiger partial charge in [-0.1, -0.05) is 18.2 Å². The molecule has 1 aromatic heterocycles. The zero-order valence-corrected chi connectivity index (χ0v) is 17.6. The molecule has 6 nitrogen and oxygen atoms in total. The van der Waals surface area contributed by atoms with Crippen molar-refractivity contribution in [3.63, 3.8) is 0 Å². The number of imidazole rings is 1. The number of allylic oxidation sites excluding steroid dienone is 1. The van der Waals surface area contributed by atoms with Crippen LogP contribution in [0.4, 0.5) is 0 Å². The van der Waals surface area contributed by atoms with E-state index < -0.39 is 0 Å². The average molecular weight is 408 g/mol. The Morgan fingerprint density at radius 3 is 2.63 bits per heavy atom. The van der Waals surface area contributed by atoms with Gasteiger partial charge in [-0.05, 0) is 62.2 Å². The Hall–Kier alpha value is -3.28. The maximum absolute atomic E-state index is 11.6. The predicted octanol–water partition coefficient (Wildman–Crippen LogP) is 4.14. The van der Waals surface area contributed by atoms with Crippen LogP contribution in [0.25, 0.3) is 11.0 Å². The molecule has 0 aliphatic carbocycles.